The Morgan fingerprint density at radius 3 is 2.47 bits per heavy atom. The van der Waals surface area contributed by atoms with Gasteiger partial charge < -0.3 is 16.6 Å². The first-order valence-corrected chi connectivity index (χ1v) is 6.59. The number of phenols is 1. The van der Waals surface area contributed by atoms with Gasteiger partial charge in [-0.3, -0.25) is 0 Å². The molecule has 5 N–H and O–H groups in total. The molecule has 0 fully saturated rings. The molecular weight excluding hydrogens is 236 g/mol. The number of nitrogen functional groups attached to an aromatic ring is 2. The highest BCUT2D eigenvalue weighted by Crippen LogP contribution is 2.35. The van der Waals surface area contributed by atoms with Crippen molar-refractivity contribution in [3.63, 3.8) is 0 Å². The normalized spacial score (nSPS) is 10.6. The van der Waals surface area contributed by atoms with E-state index in [9.17, 15) is 5.11 Å². The molecule has 0 bridgehead atoms. The van der Waals surface area contributed by atoms with Gasteiger partial charge in [0.2, 0.25) is 0 Å². The molecule has 3 nitrogen and oxygen atoms in total. The Bertz CT molecular complexity index is 579. The van der Waals surface area contributed by atoms with Gasteiger partial charge in [-0.15, -0.1) is 0 Å². The number of aryl methyl sites for hydroxylation is 1. The zero-order valence-electron chi connectivity index (χ0n) is 11.2. The van der Waals surface area contributed by atoms with Crippen molar-refractivity contribution < 1.29 is 5.11 Å². The predicted octanol–water partition coefficient (Wildman–Crippen LogP) is 3.57. The molecule has 0 atom stereocenters. The first-order chi connectivity index (χ1) is 9.11. The number of anilines is 2. The average molecular weight is 256 g/mol. The SMILES string of the molecule is CCCCc1ccc(-c2cc(N)ccc2N)c(O)c1. The lowest BCUT2D eigenvalue weighted by Gasteiger charge is -2.10. The van der Waals surface area contributed by atoms with Gasteiger partial charge in [-0.05, 0) is 42.7 Å². The summed E-state index contributed by atoms with van der Waals surface area (Å²) in [6.45, 7) is 2.15. The van der Waals surface area contributed by atoms with Crippen LogP contribution >= 0.6 is 0 Å². The Kier molecular flexibility index (Phi) is 3.95. The van der Waals surface area contributed by atoms with Crippen LogP contribution in [0.25, 0.3) is 11.1 Å². The van der Waals surface area contributed by atoms with E-state index in [1.54, 1.807) is 18.2 Å². The number of hydrogen-bond acceptors (Lipinski definition) is 3. The van der Waals surface area contributed by atoms with Crippen LogP contribution in [0, 0.1) is 0 Å². The van der Waals surface area contributed by atoms with Crippen LogP contribution in [0.5, 0.6) is 5.75 Å². The van der Waals surface area contributed by atoms with E-state index in [2.05, 4.69) is 6.92 Å². The highest BCUT2D eigenvalue weighted by atomic mass is 16.3. The van der Waals surface area contributed by atoms with Crippen molar-refractivity contribution >= 4 is 11.4 Å². The first-order valence-electron chi connectivity index (χ1n) is 6.59. The van der Waals surface area contributed by atoms with Crippen molar-refractivity contribution in [2.45, 2.75) is 26.2 Å². The zero-order valence-corrected chi connectivity index (χ0v) is 11.2. The van der Waals surface area contributed by atoms with E-state index in [0.717, 1.165) is 36.0 Å². The fraction of sp³-hybridized carbons (Fsp3) is 0.250. The Morgan fingerprint density at radius 2 is 1.79 bits per heavy atom. The summed E-state index contributed by atoms with van der Waals surface area (Å²) in [5.74, 6) is 0.255. The third-order valence-electron chi connectivity index (χ3n) is 3.25. The molecule has 0 amide bonds. The van der Waals surface area contributed by atoms with Crippen LogP contribution in [-0.2, 0) is 6.42 Å². The molecule has 19 heavy (non-hydrogen) atoms. The van der Waals surface area contributed by atoms with Gasteiger partial charge >= 0.3 is 0 Å². The maximum atomic E-state index is 10.2. The predicted molar refractivity (Wildman–Crippen MR) is 81.0 cm³/mol. The zero-order chi connectivity index (χ0) is 13.8. The Morgan fingerprint density at radius 1 is 1.00 bits per heavy atom. The van der Waals surface area contributed by atoms with Crippen molar-refractivity contribution in [3.8, 4) is 16.9 Å². The van der Waals surface area contributed by atoms with Crippen LogP contribution in [0.4, 0.5) is 11.4 Å². The molecule has 0 unspecified atom stereocenters. The lowest BCUT2D eigenvalue weighted by Crippen LogP contribution is -1.94. The van der Waals surface area contributed by atoms with Crippen LogP contribution in [0.1, 0.15) is 25.3 Å². The van der Waals surface area contributed by atoms with Gasteiger partial charge in [-0.25, -0.2) is 0 Å². The lowest BCUT2D eigenvalue weighted by atomic mass is 9.99. The smallest absolute Gasteiger partial charge is 0.123 e. The Hall–Kier alpha value is -2.16. The van der Waals surface area contributed by atoms with Gasteiger partial charge in [0.25, 0.3) is 0 Å². The van der Waals surface area contributed by atoms with Crippen LogP contribution in [0.2, 0.25) is 0 Å². The maximum Gasteiger partial charge on any atom is 0.123 e. The van der Waals surface area contributed by atoms with E-state index in [1.165, 1.54) is 0 Å². The van der Waals surface area contributed by atoms with Gasteiger partial charge in [0.1, 0.15) is 5.75 Å². The van der Waals surface area contributed by atoms with Crippen molar-refractivity contribution in [1.29, 1.82) is 0 Å². The average Bonchev–Trinajstić information content (AvgIpc) is 2.40. The standard InChI is InChI=1S/C16H20N2O/c1-2-3-4-11-5-7-13(16(19)9-11)14-10-12(17)6-8-15(14)18/h5-10,19H,2-4,17-18H2,1H3. The fourth-order valence-electron chi connectivity index (χ4n) is 2.15. The summed E-state index contributed by atoms with van der Waals surface area (Å²) in [7, 11) is 0. The largest absolute Gasteiger partial charge is 0.507 e. The summed E-state index contributed by atoms with van der Waals surface area (Å²) in [4.78, 5) is 0. The number of nitrogens with two attached hydrogens (primary N) is 2. The summed E-state index contributed by atoms with van der Waals surface area (Å²) in [6.07, 6.45) is 3.25. The minimum absolute atomic E-state index is 0.255. The monoisotopic (exact) mass is 256 g/mol. The third-order valence-corrected chi connectivity index (χ3v) is 3.25. The molecule has 0 heterocycles. The summed E-state index contributed by atoms with van der Waals surface area (Å²) in [5.41, 5.74) is 15.6. The summed E-state index contributed by atoms with van der Waals surface area (Å²) >= 11 is 0. The van der Waals surface area contributed by atoms with Crippen LogP contribution in [0.3, 0.4) is 0 Å². The second-order valence-electron chi connectivity index (χ2n) is 4.80. The number of hydrogen-bond donors (Lipinski definition) is 3. The fourth-order valence-corrected chi connectivity index (χ4v) is 2.15. The molecule has 2 aromatic rings. The van der Waals surface area contributed by atoms with Crippen molar-refractivity contribution in [1.82, 2.24) is 0 Å². The number of phenolic OH excluding ortho intramolecular Hbond substituents is 1. The molecule has 100 valence electrons. The van der Waals surface area contributed by atoms with E-state index in [4.69, 9.17) is 11.5 Å². The molecule has 3 heteroatoms. The minimum atomic E-state index is 0.255. The van der Waals surface area contributed by atoms with Gasteiger partial charge in [-0.2, -0.15) is 0 Å². The van der Waals surface area contributed by atoms with Crippen LogP contribution < -0.4 is 11.5 Å². The van der Waals surface area contributed by atoms with E-state index in [0.29, 0.717) is 11.4 Å². The molecule has 2 rings (SSSR count). The van der Waals surface area contributed by atoms with E-state index >= 15 is 0 Å². The summed E-state index contributed by atoms with van der Waals surface area (Å²) in [6, 6.07) is 11.1. The molecule has 0 spiro atoms. The molecule has 0 aliphatic heterocycles. The molecule has 0 aromatic heterocycles. The van der Waals surface area contributed by atoms with Crippen LogP contribution in [-0.4, -0.2) is 5.11 Å². The number of rotatable bonds is 4. The quantitative estimate of drug-likeness (QED) is 0.732. The molecule has 0 saturated heterocycles. The first kappa shape index (κ1) is 13.3. The summed E-state index contributed by atoms with van der Waals surface area (Å²) in [5, 5.41) is 10.2. The maximum absolute atomic E-state index is 10.2. The highest BCUT2D eigenvalue weighted by molar-refractivity contribution is 5.82. The number of benzene rings is 2. The van der Waals surface area contributed by atoms with Gasteiger partial charge in [0, 0.05) is 22.5 Å². The third kappa shape index (κ3) is 2.99. The number of unbranched alkanes of at least 4 members (excludes halogenated alkanes) is 1. The molecule has 0 radical (unpaired) electrons. The molecule has 0 saturated carbocycles. The molecule has 0 aliphatic rings. The van der Waals surface area contributed by atoms with E-state index < -0.39 is 0 Å². The van der Waals surface area contributed by atoms with Crippen molar-refractivity contribution in [2.75, 3.05) is 11.5 Å². The van der Waals surface area contributed by atoms with Gasteiger partial charge in [-0.1, -0.05) is 25.5 Å². The topological polar surface area (TPSA) is 72.3 Å². The lowest BCUT2D eigenvalue weighted by molar-refractivity contribution is 0.476. The minimum Gasteiger partial charge on any atom is -0.507 e. The number of aromatic hydroxyl groups is 1. The van der Waals surface area contributed by atoms with Gasteiger partial charge in [0.15, 0.2) is 0 Å². The second-order valence-corrected chi connectivity index (χ2v) is 4.80. The second kappa shape index (κ2) is 5.65. The van der Waals surface area contributed by atoms with Crippen LogP contribution in [0.15, 0.2) is 36.4 Å². The van der Waals surface area contributed by atoms with Crippen molar-refractivity contribution in [2.24, 2.45) is 0 Å². The van der Waals surface area contributed by atoms with Gasteiger partial charge in [0.05, 0.1) is 0 Å². The molecule has 2 aromatic carbocycles. The molecule has 0 aliphatic carbocycles. The Labute approximate surface area is 113 Å². The van der Waals surface area contributed by atoms with E-state index in [1.807, 2.05) is 18.2 Å². The Balaban J connectivity index is 2.37. The summed E-state index contributed by atoms with van der Waals surface area (Å²) < 4.78 is 0. The highest BCUT2D eigenvalue weighted by Gasteiger charge is 2.09. The van der Waals surface area contributed by atoms with Crippen molar-refractivity contribution in [3.05, 3.63) is 42.0 Å². The van der Waals surface area contributed by atoms with E-state index in [-0.39, 0.29) is 5.75 Å². The molecular formula is C16H20N2O.